The van der Waals surface area contributed by atoms with E-state index in [2.05, 4.69) is 6.92 Å². The van der Waals surface area contributed by atoms with E-state index in [1.165, 1.54) is 31.2 Å². The lowest BCUT2D eigenvalue weighted by Crippen LogP contribution is -2.00. The molecule has 0 fully saturated rings. The van der Waals surface area contributed by atoms with Crippen molar-refractivity contribution in [1.82, 2.24) is 0 Å². The van der Waals surface area contributed by atoms with Gasteiger partial charge in [0.1, 0.15) is 0 Å². The number of hydrogen-bond donors (Lipinski definition) is 2. The van der Waals surface area contributed by atoms with Crippen molar-refractivity contribution in [3.63, 3.8) is 0 Å². The fourth-order valence-corrected chi connectivity index (χ4v) is 2.00. The Morgan fingerprint density at radius 3 is 2.22 bits per heavy atom. The fourth-order valence-electron chi connectivity index (χ4n) is 2.00. The Morgan fingerprint density at radius 2 is 1.56 bits per heavy atom. The molecule has 0 heterocycles. The second-order valence-electron chi connectivity index (χ2n) is 4.78. The van der Waals surface area contributed by atoms with Gasteiger partial charge in [-0.3, -0.25) is 0 Å². The van der Waals surface area contributed by atoms with Crippen LogP contribution in [0.1, 0.15) is 44.6 Å². The molecule has 0 radical (unpaired) electrons. The molecule has 4 N–H and O–H groups in total. The summed E-state index contributed by atoms with van der Waals surface area (Å²) >= 11 is 0. The summed E-state index contributed by atoms with van der Waals surface area (Å²) in [4.78, 5) is 0. The molecule has 102 valence electrons. The number of hydrogen-bond acceptors (Lipinski definition) is 3. The lowest BCUT2D eigenvalue weighted by molar-refractivity contribution is 0.128. The maximum absolute atomic E-state index is 5.75. The molecule has 0 unspecified atom stereocenters. The summed E-state index contributed by atoms with van der Waals surface area (Å²) in [6, 6.07) is 5.75. The van der Waals surface area contributed by atoms with Gasteiger partial charge in [-0.1, -0.05) is 26.2 Å². The predicted molar refractivity (Wildman–Crippen MR) is 78.5 cm³/mol. The number of nitrogen functional groups attached to an aromatic ring is 2. The number of rotatable bonds is 9. The highest BCUT2D eigenvalue weighted by Crippen LogP contribution is 2.15. The van der Waals surface area contributed by atoms with Crippen LogP contribution in [-0.4, -0.2) is 13.2 Å². The van der Waals surface area contributed by atoms with Crippen molar-refractivity contribution in [2.24, 2.45) is 0 Å². The van der Waals surface area contributed by atoms with Gasteiger partial charge in [-0.15, -0.1) is 0 Å². The van der Waals surface area contributed by atoms with Gasteiger partial charge in [0, 0.05) is 24.6 Å². The average Bonchev–Trinajstić information content (AvgIpc) is 2.31. The maximum atomic E-state index is 5.75. The molecule has 0 aliphatic rings. The van der Waals surface area contributed by atoms with Crippen molar-refractivity contribution < 1.29 is 4.74 Å². The van der Waals surface area contributed by atoms with E-state index in [1.54, 1.807) is 6.07 Å². The molecule has 0 aliphatic carbocycles. The number of unbranched alkanes of at least 4 members (excludes halogenated alkanes) is 3. The molecule has 3 nitrogen and oxygen atoms in total. The zero-order valence-corrected chi connectivity index (χ0v) is 11.5. The molecule has 0 atom stereocenters. The summed E-state index contributed by atoms with van der Waals surface area (Å²) in [5.74, 6) is 0. The Bertz CT molecular complexity index is 319. The van der Waals surface area contributed by atoms with E-state index >= 15 is 0 Å². The molecule has 0 spiro atoms. The predicted octanol–water partition coefficient (Wildman–Crippen LogP) is 3.38. The number of nitrogens with two attached hydrogens (primary N) is 2. The second kappa shape index (κ2) is 8.81. The van der Waals surface area contributed by atoms with Gasteiger partial charge >= 0.3 is 0 Å². The number of aryl methyl sites for hydroxylation is 1. The molecule has 3 heteroatoms. The summed E-state index contributed by atoms with van der Waals surface area (Å²) in [5, 5.41) is 0. The lowest BCUT2D eigenvalue weighted by Gasteiger charge is -2.06. The SMILES string of the molecule is CCCCCCOCCCc1cc(N)cc(N)c1. The van der Waals surface area contributed by atoms with Crippen molar-refractivity contribution >= 4 is 11.4 Å². The molecule has 0 bridgehead atoms. The van der Waals surface area contributed by atoms with Crippen molar-refractivity contribution in [3.8, 4) is 0 Å². The Morgan fingerprint density at radius 1 is 0.889 bits per heavy atom. The highest BCUT2D eigenvalue weighted by Gasteiger charge is 1.97. The summed E-state index contributed by atoms with van der Waals surface area (Å²) in [7, 11) is 0. The molecular weight excluding hydrogens is 224 g/mol. The van der Waals surface area contributed by atoms with Gasteiger partial charge in [0.15, 0.2) is 0 Å². The standard InChI is InChI=1S/C15H26N2O/c1-2-3-4-5-8-18-9-6-7-13-10-14(16)12-15(17)11-13/h10-12H,2-9,16-17H2,1H3. The van der Waals surface area contributed by atoms with Crippen molar-refractivity contribution in [3.05, 3.63) is 23.8 Å². The number of benzene rings is 1. The first-order chi connectivity index (χ1) is 8.72. The Labute approximate surface area is 111 Å². The number of anilines is 2. The van der Waals surface area contributed by atoms with Crippen LogP contribution >= 0.6 is 0 Å². The second-order valence-corrected chi connectivity index (χ2v) is 4.78. The van der Waals surface area contributed by atoms with Crippen LogP contribution < -0.4 is 11.5 Å². The van der Waals surface area contributed by atoms with Crippen molar-refractivity contribution in [2.75, 3.05) is 24.7 Å². The Hall–Kier alpha value is -1.22. The number of ether oxygens (including phenoxy) is 1. The third-order valence-corrected chi connectivity index (χ3v) is 2.93. The molecule has 1 rings (SSSR count). The molecular formula is C15H26N2O. The van der Waals surface area contributed by atoms with E-state index in [4.69, 9.17) is 16.2 Å². The first-order valence-corrected chi connectivity index (χ1v) is 6.95. The van der Waals surface area contributed by atoms with Crippen LogP contribution in [0.4, 0.5) is 11.4 Å². The summed E-state index contributed by atoms with van der Waals surface area (Å²) in [6.45, 7) is 3.93. The lowest BCUT2D eigenvalue weighted by atomic mass is 10.1. The minimum absolute atomic E-state index is 0.741. The molecule has 1 aromatic rings. The summed E-state index contributed by atoms with van der Waals surface area (Å²) in [5.41, 5.74) is 14.2. The molecule has 0 aliphatic heterocycles. The van der Waals surface area contributed by atoms with Crippen LogP contribution in [-0.2, 0) is 11.2 Å². The van der Waals surface area contributed by atoms with E-state index < -0.39 is 0 Å². The highest BCUT2D eigenvalue weighted by atomic mass is 16.5. The quantitative estimate of drug-likeness (QED) is 0.521. The Balaban J connectivity index is 2.07. The van der Waals surface area contributed by atoms with E-state index in [-0.39, 0.29) is 0 Å². The van der Waals surface area contributed by atoms with Gasteiger partial charge in [0.25, 0.3) is 0 Å². The highest BCUT2D eigenvalue weighted by molar-refractivity contribution is 5.54. The molecule has 0 aromatic heterocycles. The largest absolute Gasteiger partial charge is 0.399 e. The zero-order valence-electron chi connectivity index (χ0n) is 11.5. The van der Waals surface area contributed by atoms with Crippen LogP contribution in [0.15, 0.2) is 18.2 Å². The minimum atomic E-state index is 0.741. The van der Waals surface area contributed by atoms with E-state index in [9.17, 15) is 0 Å². The van der Waals surface area contributed by atoms with Gasteiger partial charge < -0.3 is 16.2 Å². The van der Waals surface area contributed by atoms with Crippen LogP contribution in [0.3, 0.4) is 0 Å². The molecule has 0 saturated heterocycles. The van der Waals surface area contributed by atoms with E-state index in [0.717, 1.165) is 37.4 Å². The molecule has 0 amide bonds. The van der Waals surface area contributed by atoms with Crippen molar-refractivity contribution in [2.45, 2.75) is 45.4 Å². The monoisotopic (exact) mass is 250 g/mol. The van der Waals surface area contributed by atoms with Gasteiger partial charge in [-0.25, -0.2) is 0 Å². The van der Waals surface area contributed by atoms with Gasteiger partial charge in [0.05, 0.1) is 0 Å². The van der Waals surface area contributed by atoms with Gasteiger partial charge in [-0.05, 0) is 43.0 Å². The summed E-state index contributed by atoms with van der Waals surface area (Å²) in [6.07, 6.45) is 7.05. The van der Waals surface area contributed by atoms with Crippen LogP contribution in [0.5, 0.6) is 0 Å². The van der Waals surface area contributed by atoms with E-state index in [0.29, 0.717) is 0 Å². The van der Waals surface area contributed by atoms with Gasteiger partial charge in [0.2, 0.25) is 0 Å². The van der Waals surface area contributed by atoms with Crippen LogP contribution in [0.25, 0.3) is 0 Å². The fraction of sp³-hybridized carbons (Fsp3) is 0.600. The first-order valence-electron chi connectivity index (χ1n) is 6.95. The third kappa shape index (κ3) is 6.50. The van der Waals surface area contributed by atoms with Crippen LogP contribution in [0.2, 0.25) is 0 Å². The topological polar surface area (TPSA) is 61.3 Å². The molecule has 18 heavy (non-hydrogen) atoms. The first kappa shape index (κ1) is 14.8. The van der Waals surface area contributed by atoms with Gasteiger partial charge in [-0.2, -0.15) is 0 Å². The molecule has 0 saturated carbocycles. The maximum Gasteiger partial charge on any atom is 0.0469 e. The zero-order chi connectivity index (χ0) is 13.2. The van der Waals surface area contributed by atoms with E-state index in [1.807, 2.05) is 12.1 Å². The average molecular weight is 250 g/mol. The minimum Gasteiger partial charge on any atom is -0.399 e. The molecule has 1 aromatic carbocycles. The summed E-state index contributed by atoms with van der Waals surface area (Å²) < 4.78 is 5.60. The Kier molecular flexibility index (Phi) is 7.26. The van der Waals surface area contributed by atoms with Crippen LogP contribution in [0, 0.1) is 0 Å². The third-order valence-electron chi connectivity index (χ3n) is 2.93. The normalized spacial score (nSPS) is 10.7. The smallest absolute Gasteiger partial charge is 0.0469 e. The van der Waals surface area contributed by atoms with Crippen molar-refractivity contribution in [1.29, 1.82) is 0 Å².